The summed E-state index contributed by atoms with van der Waals surface area (Å²) in [6, 6.07) is 13.6. The number of sulfonamides is 1. The molecule has 0 saturated carbocycles. The van der Waals surface area contributed by atoms with Crippen LogP contribution in [0.5, 0.6) is 11.5 Å². The van der Waals surface area contributed by atoms with Gasteiger partial charge in [-0.1, -0.05) is 12.1 Å². The molecule has 2 aromatic carbocycles. The number of amides is 1. The summed E-state index contributed by atoms with van der Waals surface area (Å²) in [5.74, 6) is 1.44. The zero-order chi connectivity index (χ0) is 21.6. The zero-order valence-corrected chi connectivity index (χ0v) is 18.2. The molecule has 3 rings (SSSR count). The Morgan fingerprint density at radius 2 is 1.63 bits per heavy atom. The summed E-state index contributed by atoms with van der Waals surface area (Å²) in [6.07, 6.45) is 1.50. The molecule has 0 aromatic heterocycles. The monoisotopic (exact) mass is 432 g/mol. The summed E-state index contributed by atoms with van der Waals surface area (Å²) in [5, 5.41) is 0. The third kappa shape index (κ3) is 5.73. The number of ether oxygens (including phenoxy) is 2. The number of hydrogen-bond donors (Lipinski definition) is 1. The highest BCUT2D eigenvalue weighted by atomic mass is 32.2. The molecule has 30 heavy (non-hydrogen) atoms. The van der Waals surface area contributed by atoms with Gasteiger partial charge >= 0.3 is 0 Å². The summed E-state index contributed by atoms with van der Waals surface area (Å²) in [5.41, 5.74) is 0.930. The maximum absolute atomic E-state index is 12.6. The lowest BCUT2D eigenvalue weighted by atomic mass is 10.0. The topological polar surface area (TPSA) is 84.9 Å². The van der Waals surface area contributed by atoms with Crippen LogP contribution in [0.1, 0.15) is 25.3 Å². The van der Waals surface area contributed by atoms with Crippen molar-refractivity contribution in [3.63, 3.8) is 0 Å². The predicted molar refractivity (Wildman–Crippen MR) is 114 cm³/mol. The molecule has 0 spiro atoms. The molecule has 0 aliphatic carbocycles. The van der Waals surface area contributed by atoms with Gasteiger partial charge in [0.05, 0.1) is 25.0 Å². The third-order valence-electron chi connectivity index (χ3n) is 5.13. The largest absolute Gasteiger partial charge is 0.497 e. The Labute approximate surface area is 178 Å². The molecule has 0 unspecified atom stereocenters. The van der Waals surface area contributed by atoms with E-state index in [0.29, 0.717) is 44.7 Å². The first-order valence-corrected chi connectivity index (χ1v) is 11.6. The molecule has 0 bridgehead atoms. The van der Waals surface area contributed by atoms with Crippen molar-refractivity contribution < 1.29 is 22.7 Å². The highest BCUT2D eigenvalue weighted by molar-refractivity contribution is 7.89. The van der Waals surface area contributed by atoms with E-state index in [1.807, 2.05) is 31.2 Å². The first-order valence-electron chi connectivity index (χ1n) is 10.1. The first-order chi connectivity index (χ1) is 14.4. The van der Waals surface area contributed by atoms with Crippen molar-refractivity contribution in [1.29, 1.82) is 0 Å². The van der Waals surface area contributed by atoms with Crippen molar-refractivity contribution >= 4 is 15.9 Å². The van der Waals surface area contributed by atoms with E-state index in [0.717, 1.165) is 11.3 Å². The number of rotatable bonds is 8. The number of nitrogens with zero attached hydrogens (tertiary/aromatic N) is 1. The maximum atomic E-state index is 12.6. The SMILES string of the molecule is CCOc1ccc(S(=O)(=O)NC2CCN(C(=O)Cc3ccc(OC)cc3)CC2)cc1. The summed E-state index contributed by atoms with van der Waals surface area (Å²) in [4.78, 5) is 14.6. The van der Waals surface area contributed by atoms with E-state index in [4.69, 9.17) is 9.47 Å². The first kappa shape index (κ1) is 22.1. The van der Waals surface area contributed by atoms with Crippen molar-refractivity contribution in [3.05, 3.63) is 54.1 Å². The molecule has 1 aliphatic heterocycles. The van der Waals surface area contributed by atoms with E-state index >= 15 is 0 Å². The summed E-state index contributed by atoms with van der Waals surface area (Å²) in [6.45, 7) is 3.47. The quantitative estimate of drug-likeness (QED) is 0.693. The second kappa shape index (κ2) is 9.95. The lowest BCUT2D eigenvalue weighted by molar-refractivity contribution is -0.131. The molecule has 0 atom stereocenters. The van der Waals surface area contributed by atoms with Gasteiger partial charge in [-0.25, -0.2) is 13.1 Å². The number of hydrogen-bond acceptors (Lipinski definition) is 5. The number of carbonyl (C=O) groups excluding carboxylic acids is 1. The van der Waals surface area contributed by atoms with E-state index in [-0.39, 0.29) is 16.8 Å². The molecule has 1 amide bonds. The molecule has 1 N–H and O–H groups in total. The Balaban J connectivity index is 1.51. The molecular weight excluding hydrogens is 404 g/mol. The summed E-state index contributed by atoms with van der Waals surface area (Å²) in [7, 11) is -2.00. The lowest BCUT2D eigenvalue weighted by Crippen LogP contribution is -2.46. The van der Waals surface area contributed by atoms with Crippen LogP contribution in [0.3, 0.4) is 0 Å². The van der Waals surface area contributed by atoms with Crippen molar-refractivity contribution in [2.24, 2.45) is 0 Å². The number of nitrogens with one attached hydrogen (secondary N) is 1. The molecule has 0 radical (unpaired) electrons. The molecule has 1 saturated heterocycles. The van der Waals surface area contributed by atoms with Crippen molar-refractivity contribution in [3.8, 4) is 11.5 Å². The van der Waals surface area contributed by atoms with Gasteiger partial charge in [0.1, 0.15) is 11.5 Å². The summed E-state index contributed by atoms with van der Waals surface area (Å²) < 4.78 is 38.5. The Kier molecular flexibility index (Phi) is 7.33. The molecule has 162 valence electrons. The van der Waals surface area contributed by atoms with Crippen LogP contribution in [0.15, 0.2) is 53.4 Å². The average Bonchev–Trinajstić information content (AvgIpc) is 2.75. The van der Waals surface area contributed by atoms with Crippen molar-refractivity contribution in [2.75, 3.05) is 26.8 Å². The van der Waals surface area contributed by atoms with E-state index < -0.39 is 10.0 Å². The molecule has 2 aromatic rings. The fourth-order valence-electron chi connectivity index (χ4n) is 3.45. The van der Waals surface area contributed by atoms with Crippen LogP contribution in [-0.4, -0.2) is 52.1 Å². The summed E-state index contributed by atoms with van der Waals surface area (Å²) >= 11 is 0. The third-order valence-corrected chi connectivity index (χ3v) is 6.67. The van der Waals surface area contributed by atoms with Crippen LogP contribution in [-0.2, 0) is 21.2 Å². The van der Waals surface area contributed by atoms with Gasteiger partial charge in [-0.05, 0) is 61.7 Å². The molecule has 8 heteroatoms. The number of likely N-dealkylation sites (tertiary alicyclic amines) is 1. The van der Waals surface area contributed by atoms with E-state index in [1.165, 1.54) is 0 Å². The van der Waals surface area contributed by atoms with Crippen LogP contribution in [0.2, 0.25) is 0 Å². The van der Waals surface area contributed by atoms with Crippen LogP contribution in [0, 0.1) is 0 Å². The second-order valence-corrected chi connectivity index (χ2v) is 8.92. The Bertz CT molecular complexity index is 934. The predicted octanol–water partition coefficient (Wildman–Crippen LogP) is 2.61. The lowest BCUT2D eigenvalue weighted by Gasteiger charge is -2.32. The zero-order valence-electron chi connectivity index (χ0n) is 17.3. The fourth-order valence-corrected chi connectivity index (χ4v) is 4.75. The van der Waals surface area contributed by atoms with Gasteiger partial charge in [-0.3, -0.25) is 4.79 Å². The molecule has 7 nitrogen and oxygen atoms in total. The molecule has 1 heterocycles. The minimum absolute atomic E-state index is 0.0491. The minimum atomic E-state index is -3.61. The highest BCUT2D eigenvalue weighted by Crippen LogP contribution is 2.19. The number of piperidine rings is 1. The van der Waals surface area contributed by atoms with Gasteiger partial charge < -0.3 is 14.4 Å². The number of methoxy groups -OCH3 is 1. The van der Waals surface area contributed by atoms with Crippen LogP contribution in [0.25, 0.3) is 0 Å². The minimum Gasteiger partial charge on any atom is -0.497 e. The van der Waals surface area contributed by atoms with Gasteiger partial charge in [0.15, 0.2) is 0 Å². The van der Waals surface area contributed by atoms with Gasteiger partial charge in [-0.15, -0.1) is 0 Å². The molecular formula is C22H28N2O5S. The van der Waals surface area contributed by atoms with Crippen molar-refractivity contribution in [1.82, 2.24) is 9.62 Å². The van der Waals surface area contributed by atoms with Crippen LogP contribution >= 0.6 is 0 Å². The van der Waals surface area contributed by atoms with E-state index in [2.05, 4.69) is 4.72 Å². The number of carbonyl (C=O) groups is 1. The van der Waals surface area contributed by atoms with E-state index in [1.54, 1.807) is 36.3 Å². The van der Waals surface area contributed by atoms with Gasteiger partial charge in [0.2, 0.25) is 15.9 Å². The smallest absolute Gasteiger partial charge is 0.240 e. The van der Waals surface area contributed by atoms with Gasteiger partial charge in [-0.2, -0.15) is 0 Å². The van der Waals surface area contributed by atoms with Gasteiger partial charge in [0.25, 0.3) is 0 Å². The van der Waals surface area contributed by atoms with Crippen LogP contribution in [0.4, 0.5) is 0 Å². The molecule has 1 fully saturated rings. The number of benzene rings is 2. The maximum Gasteiger partial charge on any atom is 0.240 e. The Hall–Kier alpha value is -2.58. The average molecular weight is 433 g/mol. The van der Waals surface area contributed by atoms with Crippen LogP contribution < -0.4 is 14.2 Å². The second-order valence-electron chi connectivity index (χ2n) is 7.21. The fraction of sp³-hybridized carbons (Fsp3) is 0.409. The van der Waals surface area contributed by atoms with Gasteiger partial charge in [0, 0.05) is 19.1 Å². The molecule has 1 aliphatic rings. The van der Waals surface area contributed by atoms with Crippen molar-refractivity contribution in [2.45, 2.75) is 37.1 Å². The standard InChI is InChI=1S/C22H28N2O5S/c1-3-29-20-8-10-21(11-9-20)30(26,27)23-18-12-14-24(15-13-18)22(25)16-17-4-6-19(28-2)7-5-17/h4-11,18,23H,3,12-16H2,1-2H3. The Morgan fingerprint density at radius 3 is 2.20 bits per heavy atom. The normalized spacial score (nSPS) is 15.1. The van der Waals surface area contributed by atoms with E-state index in [9.17, 15) is 13.2 Å². The highest BCUT2D eigenvalue weighted by Gasteiger charge is 2.26. The Morgan fingerprint density at radius 1 is 1.03 bits per heavy atom.